The minimum absolute atomic E-state index is 0.0219. The van der Waals surface area contributed by atoms with Crippen LogP contribution in [0.25, 0.3) is 10.9 Å². The molecule has 1 amide bonds. The average Bonchev–Trinajstić information content (AvgIpc) is 3.03. The Balaban J connectivity index is 1.84. The molecule has 1 heterocycles. The van der Waals surface area contributed by atoms with Crippen LogP contribution < -0.4 is 10.3 Å². The third kappa shape index (κ3) is 3.15. The van der Waals surface area contributed by atoms with Gasteiger partial charge in [-0.2, -0.15) is 0 Å². The summed E-state index contributed by atoms with van der Waals surface area (Å²) in [5.74, 6) is -0.658. The number of aromatic nitrogens is 1. The summed E-state index contributed by atoms with van der Waals surface area (Å²) >= 11 is 0. The van der Waals surface area contributed by atoms with E-state index < -0.39 is 20.9 Å². The van der Waals surface area contributed by atoms with E-state index in [0.29, 0.717) is 5.39 Å². The number of hydrogen-bond donors (Lipinski definition) is 3. The van der Waals surface area contributed by atoms with E-state index in [0.717, 1.165) is 5.52 Å². The molecule has 0 bridgehead atoms. The number of fused-ring (bicyclic) bond motifs is 1. The molecule has 0 atom stereocenters. The molecule has 3 rings (SSSR count). The van der Waals surface area contributed by atoms with Crippen molar-refractivity contribution in [1.29, 1.82) is 0 Å². The number of H-pyrrole nitrogens is 1. The highest BCUT2D eigenvalue weighted by Gasteiger charge is 2.23. The van der Waals surface area contributed by atoms with Crippen LogP contribution in [0.2, 0.25) is 0 Å². The number of hydrazine groups is 1. The largest absolute Gasteiger partial charge is 0.360 e. The fourth-order valence-corrected chi connectivity index (χ4v) is 3.69. The standard InChI is InChI=1S/C16H14N4O5S/c1-10-14(20(22)23)7-4-8-15(10)26(24,25)19-18-16(21)12-9-17-13-6-3-2-5-11(12)13/h2-9,17,19H,1H3,(H,18,21). The smallest absolute Gasteiger partial charge is 0.273 e. The lowest BCUT2D eigenvalue weighted by molar-refractivity contribution is -0.385. The molecular formula is C16H14N4O5S. The molecule has 0 radical (unpaired) electrons. The minimum atomic E-state index is -4.18. The van der Waals surface area contributed by atoms with Gasteiger partial charge in [0, 0.05) is 28.7 Å². The first kappa shape index (κ1) is 17.6. The molecule has 0 aliphatic heterocycles. The van der Waals surface area contributed by atoms with E-state index in [4.69, 9.17) is 0 Å². The Kier molecular flexibility index (Phi) is 4.45. The van der Waals surface area contributed by atoms with Gasteiger partial charge in [0.2, 0.25) is 0 Å². The van der Waals surface area contributed by atoms with Crippen LogP contribution in [0.15, 0.2) is 53.6 Å². The zero-order valence-corrected chi connectivity index (χ0v) is 14.3. The van der Waals surface area contributed by atoms with E-state index in [1.807, 2.05) is 4.83 Å². The molecule has 1 aromatic heterocycles. The Morgan fingerprint density at radius 2 is 1.88 bits per heavy atom. The van der Waals surface area contributed by atoms with E-state index in [1.54, 1.807) is 24.3 Å². The van der Waals surface area contributed by atoms with Gasteiger partial charge in [0.25, 0.3) is 21.6 Å². The number of rotatable bonds is 5. The number of nitro benzene ring substituents is 1. The molecule has 0 fully saturated rings. The maximum absolute atomic E-state index is 12.4. The number of carbonyl (C=O) groups is 1. The summed E-state index contributed by atoms with van der Waals surface area (Å²) < 4.78 is 24.8. The van der Waals surface area contributed by atoms with Gasteiger partial charge in [-0.05, 0) is 19.1 Å². The van der Waals surface area contributed by atoms with Crippen LogP contribution in [0.4, 0.5) is 5.69 Å². The Labute approximate surface area is 148 Å². The highest BCUT2D eigenvalue weighted by molar-refractivity contribution is 7.89. The van der Waals surface area contributed by atoms with Crippen LogP contribution in [-0.4, -0.2) is 24.2 Å². The second-order valence-electron chi connectivity index (χ2n) is 5.46. The predicted octanol–water partition coefficient (Wildman–Crippen LogP) is 2.01. The third-order valence-electron chi connectivity index (χ3n) is 3.87. The molecule has 26 heavy (non-hydrogen) atoms. The van der Waals surface area contributed by atoms with E-state index in [-0.39, 0.29) is 21.7 Å². The molecule has 10 heteroatoms. The summed E-state index contributed by atoms with van der Waals surface area (Å²) in [5.41, 5.74) is 2.77. The molecule has 0 unspecified atom stereocenters. The maximum atomic E-state index is 12.4. The first-order chi connectivity index (χ1) is 12.3. The summed E-state index contributed by atoms with van der Waals surface area (Å²) in [4.78, 5) is 27.2. The number of nitrogens with zero attached hydrogens (tertiary/aromatic N) is 1. The molecule has 9 nitrogen and oxygen atoms in total. The lowest BCUT2D eigenvalue weighted by Crippen LogP contribution is -2.41. The van der Waals surface area contributed by atoms with Crippen molar-refractivity contribution in [2.24, 2.45) is 0 Å². The van der Waals surface area contributed by atoms with Gasteiger partial charge in [-0.15, -0.1) is 4.83 Å². The summed E-state index contributed by atoms with van der Waals surface area (Å²) in [5, 5.41) is 11.6. The van der Waals surface area contributed by atoms with Crippen molar-refractivity contribution in [3.8, 4) is 0 Å². The van der Waals surface area contributed by atoms with Crippen LogP contribution in [0, 0.1) is 17.0 Å². The molecule has 3 N–H and O–H groups in total. The van der Waals surface area contributed by atoms with E-state index in [1.165, 1.54) is 31.3 Å². The lowest BCUT2D eigenvalue weighted by Gasteiger charge is -2.10. The SMILES string of the molecule is Cc1c([N+](=O)[O-])cccc1S(=O)(=O)NNC(=O)c1c[nH]c2ccccc12. The Morgan fingerprint density at radius 3 is 2.62 bits per heavy atom. The molecule has 3 aromatic rings. The number of sulfonamides is 1. The second-order valence-corrected chi connectivity index (χ2v) is 7.12. The first-order valence-corrected chi connectivity index (χ1v) is 8.92. The molecule has 0 spiro atoms. The number of aromatic amines is 1. The predicted molar refractivity (Wildman–Crippen MR) is 93.9 cm³/mol. The Bertz CT molecular complexity index is 1120. The summed E-state index contributed by atoms with van der Waals surface area (Å²) in [6.07, 6.45) is 1.47. The molecule has 0 saturated heterocycles. The zero-order valence-electron chi connectivity index (χ0n) is 13.5. The van der Waals surface area contributed by atoms with Gasteiger partial charge in [0.1, 0.15) is 0 Å². The van der Waals surface area contributed by atoms with E-state index in [9.17, 15) is 23.3 Å². The Morgan fingerprint density at radius 1 is 1.15 bits per heavy atom. The monoisotopic (exact) mass is 374 g/mol. The summed E-state index contributed by atoms with van der Waals surface area (Å²) in [7, 11) is -4.18. The van der Waals surface area contributed by atoms with Crippen molar-refractivity contribution in [2.45, 2.75) is 11.8 Å². The van der Waals surface area contributed by atoms with Crippen molar-refractivity contribution in [1.82, 2.24) is 15.2 Å². The van der Waals surface area contributed by atoms with Crippen molar-refractivity contribution in [2.75, 3.05) is 0 Å². The van der Waals surface area contributed by atoms with Crippen LogP contribution in [0.5, 0.6) is 0 Å². The van der Waals surface area contributed by atoms with Gasteiger partial charge in [0.15, 0.2) is 0 Å². The number of nitro groups is 1. The highest BCUT2D eigenvalue weighted by Crippen LogP contribution is 2.24. The van der Waals surface area contributed by atoms with Crippen LogP contribution in [0.1, 0.15) is 15.9 Å². The van der Waals surface area contributed by atoms with Crippen molar-refractivity contribution in [3.05, 3.63) is 69.9 Å². The summed E-state index contributed by atoms with van der Waals surface area (Å²) in [6, 6.07) is 10.8. The number of benzene rings is 2. The van der Waals surface area contributed by atoms with E-state index >= 15 is 0 Å². The molecule has 0 aliphatic rings. The lowest BCUT2D eigenvalue weighted by atomic mass is 10.2. The van der Waals surface area contributed by atoms with Gasteiger partial charge < -0.3 is 4.98 Å². The third-order valence-corrected chi connectivity index (χ3v) is 5.27. The fourth-order valence-electron chi connectivity index (χ4n) is 2.59. The number of amides is 1. The van der Waals surface area contributed by atoms with Crippen molar-refractivity contribution >= 4 is 32.5 Å². The van der Waals surface area contributed by atoms with Crippen LogP contribution in [-0.2, 0) is 10.0 Å². The highest BCUT2D eigenvalue weighted by atomic mass is 32.2. The topological polar surface area (TPSA) is 134 Å². The van der Waals surface area contributed by atoms with Crippen molar-refractivity contribution < 1.29 is 18.1 Å². The molecular weight excluding hydrogens is 360 g/mol. The number of para-hydroxylation sites is 1. The van der Waals surface area contributed by atoms with Gasteiger partial charge in [0.05, 0.1) is 15.4 Å². The quantitative estimate of drug-likeness (QED) is 0.464. The maximum Gasteiger partial charge on any atom is 0.273 e. The normalized spacial score (nSPS) is 11.4. The first-order valence-electron chi connectivity index (χ1n) is 7.43. The fraction of sp³-hybridized carbons (Fsp3) is 0.0625. The van der Waals surface area contributed by atoms with Crippen LogP contribution >= 0.6 is 0 Å². The van der Waals surface area contributed by atoms with Crippen LogP contribution in [0.3, 0.4) is 0 Å². The van der Waals surface area contributed by atoms with Gasteiger partial charge in [-0.3, -0.25) is 20.3 Å². The Hall–Kier alpha value is -3.24. The minimum Gasteiger partial charge on any atom is -0.360 e. The molecule has 0 aliphatic carbocycles. The molecule has 0 saturated carbocycles. The second kappa shape index (κ2) is 6.58. The van der Waals surface area contributed by atoms with Gasteiger partial charge >= 0.3 is 0 Å². The number of hydrogen-bond acceptors (Lipinski definition) is 5. The summed E-state index contributed by atoms with van der Waals surface area (Å²) in [6.45, 7) is 1.33. The molecule has 134 valence electrons. The van der Waals surface area contributed by atoms with Gasteiger partial charge in [-0.1, -0.05) is 24.3 Å². The zero-order chi connectivity index (χ0) is 18.9. The number of carbonyl (C=O) groups excluding carboxylic acids is 1. The molecule has 2 aromatic carbocycles. The van der Waals surface area contributed by atoms with Crippen molar-refractivity contribution in [3.63, 3.8) is 0 Å². The average molecular weight is 374 g/mol. The van der Waals surface area contributed by atoms with Gasteiger partial charge in [-0.25, -0.2) is 8.42 Å². The number of nitrogens with one attached hydrogen (secondary N) is 3. The van der Waals surface area contributed by atoms with E-state index in [2.05, 4.69) is 10.4 Å².